The molecule has 1 unspecified atom stereocenters. The summed E-state index contributed by atoms with van der Waals surface area (Å²) in [6.07, 6.45) is 0.0303. The Morgan fingerprint density at radius 2 is 1.80 bits per heavy atom. The average molecular weight is 443 g/mol. The molecule has 1 saturated carbocycles. The van der Waals surface area contributed by atoms with Gasteiger partial charge in [-0.1, -0.05) is 31.4 Å². The van der Waals surface area contributed by atoms with Gasteiger partial charge in [-0.05, 0) is 31.4 Å². The van der Waals surface area contributed by atoms with E-state index in [1.54, 1.807) is 17.0 Å². The van der Waals surface area contributed by atoms with Gasteiger partial charge < -0.3 is 9.47 Å². The number of alkyl halides is 3. The van der Waals surface area contributed by atoms with Crippen LogP contribution in [0, 0.1) is 0 Å². The smallest absolute Gasteiger partial charge is 0.334 e. The zero-order valence-corrected chi connectivity index (χ0v) is 17.3. The van der Waals surface area contributed by atoms with E-state index in [2.05, 4.69) is 4.98 Å². The van der Waals surface area contributed by atoms with Gasteiger partial charge in [0.05, 0.1) is 22.5 Å². The number of hydrogen-bond donors (Lipinski definition) is 0. The number of para-hydroxylation sites is 2. The quantitative estimate of drug-likeness (QED) is 0.726. The molecule has 164 valence electrons. The molecule has 2 aromatic rings. The van der Waals surface area contributed by atoms with Crippen LogP contribution >= 0.6 is 0 Å². The maximum Gasteiger partial charge on any atom is 0.449 e. The summed E-state index contributed by atoms with van der Waals surface area (Å²) in [6.45, 7) is -0.512. The van der Waals surface area contributed by atoms with Crippen molar-refractivity contribution in [2.24, 2.45) is 0 Å². The van der Waals surface area contributed by atoms with E-state index in [-0.39, 0.29) is 28.6 Å². The minimum atomic E-state index is -4.70. The van der Waals surface area contributed by atoms with Gasteiger partial charge in [0.25, 0.3) is 0 Å². The Labute approximate surface area is 173 Å². The van der Waals surface area contributed by atoms with E-state index in [0.717, 1.165) is 36.7 Å². The lowest BCUT2D eigenvalue weighted by Crippen LogP contribution is -2.50. The highest BCUT2D eigenvalue weighted by Crippen LogP contribution is 2.33. The lowest BCUT2D eigenvalue weighted by atomic mass is 9.93. The van der Waals surface area contributed by atoms with E-state index in [9.17, 15) is 26.4 Å². The molecule has 1 amide bonds. The second-order valence-electron chi connectivity index (χ2n) is 8.16. The third-order valence-corrected chi connectivity index (χ3v) is 7.81. The van der Waals surface area contributed by atoms with Crippen molar-refractivity contribution in [1.29, 1.82) is 0 Å². The van der Waals surface area contributed by atoms with E-state index in [4.69, 9.17) is 0 Å². The summed E-state index contributed by atoms with van der Waals surface area (Å²) < 4.78 is 65.8. The predicted molar refractivity (Wildman–Crippen MR) is 106 cm³/mol. The van der Waals surface area contributed by atoms with Crippen LogP contribution in [-0.4, -0.2) is 52.4 Å². The fourth-order valence-corrected chi connectivity index (χ4v) is 6.44. The molecule has 0 radical (unpaired) electrons. The molecule has 30 heavy (non-hydrogen) atoms. The van der Waals surface area contributed by atoms with Crippen molar-refractivity contribution in [2.45, 2.75) is 63.3 Å². The number of amides is 1. The first-order chi connectivity index (χ1) is 14.2. The van der Waals surface area contributed by atoms with Crippen molar-refractivity contribution in [3.63, 3.8) is 0 Å². The van der Waals surface area contributed by atoms with Crippen molar-refractivity contribution in [3.8, 4) is 0 Å². The fraction of sp³-hybridized carbons (Fsp3) is 0.600. The van der Waals surface area contributed by atoms with Crippen molar-refractivity contribution < 1.29 is 26.4 Å². The molecule has 2 aliphatic rings. The van der Waals surface area contributed by atoms with Crippen molar-refractivity contribution in [2.75, 3.05) is 11.5 Å². The van der Waals surface area contributed by atoms with Crippen LogP contribution in [0.1, 0.15) is 44.3 Å². The Balaban J connectivity index is 1.69. The van der Waals surface area contributed by atoms with E-state index < -0.39 is 40.3 Å². The van der Waals surface area contributed by atoms with Crippen LogP contribution in [-0.2, 0) is 27.4 Å². The van der Waals surface area contributed by atoms with Crippen molar-refractivity contribution >= 4 is 26.8 Å². The first-order valence-corrected chi connectivity index (χ1v) is 12.0. The van der Waals surface area contributed by atoms with Gasteiger partial charge in [0.1, 0.15) is 6.54 Å². The number of benzene rings is 1. The number of carbonyl (C=O) groups excluding carboxylic acids is 1. The van der Waals surface area contributed by atoms with Crippen LogP contribution < -0.4 is 0 Å². The minimum Gasteiger partial charge on any atom is -0.334 e. The van der Waals surface area contributed by atoms with Gasteiger partial charge in [0, 0.05) is 12.1 Å². The van der Waals surface area contributed by atoms with E-state index >= 15 is 0 Å². The molecule has 1 aliphatic heterocycles. The molecule has 1 atom stereocenters. The Hall–Kier alpha value is -2.10. The number of nitrogens with zero attached hydrogens (tertiary/aromatic N) is 3. The summed E-state index contributed by atoms with van der Waals surface area (Å²) in [5.41, 5.74) is 0.408. The Morgan fingerprint density at radius 3 is 2.43 bits per heavy atom. The second kappa shape index (κ2) is 7.86. The summed E-state index contributed by atoms with van der Waals surface area (Å²) in [5.74, 6) is -1.69. The Bertz CT molecular complexity index is 1040. The van der Waals surface area contributed by atoms with Crippen LogP contribution in [0.4, 0.5) is 13.2 Å². The molecule has 10 heteroatoms. The fourth-order valence-electron chi connectivity index (χ4n) is 4.73. The Morgan fingerprint density at radius 1 is 1.10 bits per heavy atom. The first-order valence-electron chi connectivity index (χ1n) is 10.2. The maximum absolute atomic E-state index is 13.6. The minimum absolute atomic E-state index is 0.00989. The van der Waals surface area contributed by atoms with Gasteiger partial charge in [0.2, 0.25) is 11.7 Å². The van der Waals surface area contributed by atoms with Gasteiger partial charge in [0.15, 0.2) is 9.84 Å². The molecule has 1 aliphatic carbocycles. The first kappa shape index (κ1) is 21.1. The van der Waals surface area contributed by atoms with Crippen LogP contribution in [0.25, 0.3) is 11.0 Å². The number of aromatic nitrogens is 2. The molecule has 0 bridgehead atoms. The van der Waals surface area contributed by atoms with Gasteiger partial charge in [-0.25, -0.2) is 13.4 Å². The zero-order chi connectivity index (χ0) is 21.5. The second-order valence-corrected chi connectivity index (χ2v) is 10.4. The maximum atomic E-state index is 13.6. The van der Waals surface area contributed by atoms with E-state index in [0.29, 0.717) is 6.42 Å². The third kappa shape index (κ3) is 4.19. The molecule has 2 heterocycles. The molecular formula is C20H24F3N3O3S. The molecular weight excluding hydrogens is 419 g/mol. The monoisotopic (exact) mass is 443 g/mol. The summed E-state index contributed by atoms with van der Waals surface area (Å²) in [5, 5.41) is 0. The number of hydrogen-bond acceptors (Lipinski definition) is 4. The molecule has 0 N–H and O–H groups in total. The summed E-state index contributed by atoms with van der Waals surface area (Å²) in [4.78, 5) is 18.6. The van der Waals surface area contributed by atoms with Gasteiger partial charge in [-0.3, -0.25) is 4.79 Å². The number of halogens is 3. The third-order valence-electron chi connectivity index (χ3n) is 6.06. The van der Waals surface area contributed by atoms with Crippen LogP contribution in [0.15, 0.2) is 24.3 Å². The standard InChI is InChI=1S/C20H24F3N3O3S/c21-20(22,23)19-24-16-8-4-5-9-17(16)25(19)12-18(27)26(14-6-2-1-3-7-14)15-10-11-30(28,29)13-15/h4-5,8-9,14-15H,1-3,6-7,10-13H2. The predicted octanol–water partition coefficient (Wildman–Crippen LogP) is 3.40. The Kier molecular flexibility index (Phi) is 5.54. The highest BCUT2D eigenvalue weighted by atomic mass is 32.2. The molecule has 4 rings (SSSR count). The zero-order valence-electron chi connectivity index (χ0n) is 16.4. The SMILES string of the molecule is O=C(Cn1c(C(F)(F)F)nc2ccccc21)N(C1CCCCC1)C1CCS(=O)(=O)C1. The van der Waals surface area contributed by atoms with Crippen molar-refractivity contribution in [3.05, 3.63) is 30.1 Å². The van der Waals surface area contributed by atoms with Crippen LogP contribution in [0.5, 0.6) is 0 Å². The largest absolute Gasteiger partial charge is 0.449 e. The van der Waals surface area contributed by atoms with Gasteiger partial charge >= 0.3 is 6.18 Å². The van der Waals surface area contributed by atoms with Crippen molar-refractivity contribution in [1.82, 2.24) is 14.5 Å². The topological polar surface area (TPSA) is 72.3 Å². The molecule has 1 saturated heterocycles. The lowest BCUT2D eigenvalue weighted by molar-refractivity contribution is -0.148. The number of sulfone groups is 1. The average Bonchev–Trinajstić information content (AvgIpc) is 3.23. The number of imidazole rings is 1. The molecule has 6 nitrogen and oxygen atoms in total. The number of rotatable bonds is 4. The lowest BCUT2D eigenvalue weighted by Gasteiger charge is -2.38. The molecule has 0 spiro atoms. The number of fused-ring (bicyclic) bond motifs is 1. The summed E-state index contributed by atoms with van der Waals surface area (Å²) in [7, 11) is -3.23. The summed E-state index contributed by atoms with van der Waals surface area (Å²) in [6, 6.07) is 5.58. The molecule has 2 fully saturated rings. The highest BCUT2D eigenvalue weighted by Gasteiger charge is 2.41. The van der Waals surface area contributed by atoms with E-state index in [1.165, 1.54) is 12.1 Å². The van der Waals surface area contributed by atoms with Gasteiger partial charge in [-0.2, -0.15) is 13.2 Å². The van der Waals surface area contributed by atoms with Crippen LogP contribution in [0.3, 0.4) is 0 Å². The molecule has 1 aromatic heterocycles. The summed E-state index contributed by atoms with van der Waals surface area (Å²) >= 11 is 0. The highest BCUT2D eigenvalue weighted by molar-refractivity contribution is 7.91. The van der Waals surface area contributed by atoms with Crippen LogP contribution in [0.2, 0.25) is 0 Å². The number of carbonyl (C=O) groups is 1. The van der Waals surface area contributed by atoms with E-state index in [1.807, 2.05) is 0 Å². The van der Waals surface area contributed by atoms with Gasteiger partial charge in [-0.15, -0.1) is 0 Å². The normalized spacial score (nSPS) is 22.4. The molecule has 1 aromatic carbocycles.